The van der Waals surface area contributed by atoms with E-state index in [1.165, 1.54) is 12.1 Å². The number of halogens is 4. The van der Waals surface area contributed by atoms with E-state index in [4.69, 9.17) is 0 Å². The maximum absolute atomic E-state index is 12.5. The molecule has 1 atom stereocenters. The van der Waals surface area contributed by atoms with Crippen molar-refractivity contribution in [1.29, 1.82) is 0 Å². The molecule has 6 heteroatoms. The Kier molecular flexibility index (Phi) is 5.10. The minimum absolute atomic E-state index is 0.192. The van der Waals surface area contributed by atoms with Crippen molar-refractivity contribution < 1.29 is 17.9 Å². The monoisotopic (exact) mass is 407 g/mol. The first-order valence-electron chi connectivity index (χ1n) is 6.18. The van der Waals surface area contributed by atoms with Gasteiger partial charge in [-0.05, 0) is 53.4 Å². The Morgan fingerprint density at radius 3 is 2.24 bits per heavy atom. The molecule has 2 aromatic rings. The summed E-state index contributed by atoms with van der Waals surface area (Å²) < 4.78 is 42.7. The fourth-order valence-corrected chi connectivity index (χ4v) is 2.45. The Morgan fingerprint density at radius 1 is 1.05 bits per heavy atom. The van der Waals surface area contributed by atoms with Crippen LogP contribution in [0.4, 0.5) is 13.2 Å². The van der Waals surface area contributed by atoms with Gasteiger partial charge in [0.15, 0.2) is 0 Å². The van der Waals surface area contributed by atoms with Gasteiger partial charge in [-0.3, -0.25) is 0 Å². The van der Waals surface area contributed by atoms with Crippen molar-refractivity contribution in [1.82, 2.24) is 5.32 Å². The van der Waals surface area contributed by atoms with Gasteiger partial charge in [0.1, 0.15) is 5.75 Å². The fourth-order valence-electron chi connectivity index (χ4n) is 2.09. The number of para-hydroxylation sites is 1. The molecule has 0 radical (unpaired) electrons. The van der Waals surface area contributed by atoms with Gasteiger partial charge in [0.05, 0.1) is 6.04 Å². The third-order valence-corrected chi connectivity index (χ3v) is 3.67. The van der Waals surface area contributed by atoms with E-state index in [-0.39, 0.29) is 11.8 Å². The average Bonchev–Trinajstić information content (AvgIpc) is 2.42. The maximum atomic E-state index is 12.5. The molecule has 112 valence electrons. The first kappa shape index (κ1) is 16.1. The molecule has 2 rings (SSSR count). The zero-order chi connectivity index (χ0) is 15.5. The number of nitrogens with one attached hydrogen (secondary N) is 1. The second-order valence-corrected chi connectivity index (χ2v) is 5.60. The molecule has 0 heterocycles. The quantitative estimate of drug-likeness (QED) is 0.754. The molecular weight excluding hydrogens is 394 g/mol. The molecule has 1 N–H and O–H groups in total. The minimum Gasteiger partial charge on any atom is -0.405 e. The molecule has 0 spiro atoms. The van der Waals surface area contributed by atoms with Crippen LogP contribution in [0.2, 0.25) is 0 Å². The van der Waals surface area contributed by atoms with Gasteiger partial charge < -0.3 is 10.1 Å². The van der Waals surface area contributed by atoms with Crippen LogP contribution in [-0.2, 0) is 0 Å². The Labute approximate surface area is 134 Å². The maximum Gasteiger partial charge on any atom is 0.573 e. The fraction of sp³-hybridized carbons (Fsp3) is 0.200. The zero-order valence-electron chi connectivity index (χ0n) is 11.1. The van der Waals surface area contributed by atoms with Gasteiger partial charge in [-0.25, -0.2) is 0 Å². The molecular formula is C15H13F3INO. The number of benzene rings is 2. The number of alkyl halides is 3. The van der Waals surface area contributed by atoms with Crippen LogP contribution in [0.1, 0.15) is 17.2 Å². The standard InChI is InChI=1S/C15H13F3INO/c1-20-14(10-6-8-11(19)9-7-10)12-4-2-3-5-13(12)21-15(16,17)18/h2-9,14,20H,1H3. The molecule has 21 heavy (non-hydrogen) atoms. The van der Waals surface area contributed by atoms with Crippen LogP contribution >= 0.6 is 22.6 Å². The van der Waals surface area contributed by atoms with Crippen molar-refractivity contribution in [3.8, 4) is 5.75 Å². The van der Waals surface area contributed by atoms with E-state index in [0.717, 1.165) is 9.13 Å². The van der Waals surface area contributed by atoms with E-state index in [9.17, 15) is 13.2 Å². The third-order valence-electron chi connectivity index (χ3n) is 2.95. The molecule has 0 fully saturated rings. The van der Waals surface area contributed by atoms with E-state index < -0.39 is 6.36 Å². The van der Waals surface area contributed by atoms with Gasteiger partial charge in [0, 0.05) is 9.13 Å². The van der Waals surface area contributed by atoms with Crippen LogP contribution in [0.3, 0.4) is 0 Å². The summed E-state index contributed by atoms with van der Waals surface area (Å²) in [5.41, 5.74) is 1.31. The highest BCUT2D eigenvalue weighted by Gasteiger charge is 2.33. The highest BCUT2D eigenvalue weighted by atomic mass is 127. The normalized spacial score (nSPS) is 13.0. The summed E-state index contributed by atoms with van der Waals surface area (Å²) in [5, 5.41) is 3.03. The molecule has 0 aliphatic rings. The lowest BCUT2D eigenvalue weighted by molar-refractivity contribution is -0.275. The van der Waals surface area contributed by atoms with Gasteiger partial charge >= 0.3 is 6.36 Å². The molecule has 0 bridgehead atoms. The van der Waals surface area contributed by atoms with E-state index in [1.54, 1.807) is 19.2 Å². The number of rotatable bonds is 4. The van der Waals surface area contributed by atoms with Crippen LogP contribution < -0.4 is 10.1 Å². The minimum atomic E-state index is -4.71. The molecule has 1 unspecified atom stereocenters. The van der Waals surface area contributed by atoms with Crippen molar-refractivity contribution in [3.63, 3.8) is 0 Å². The highest BCUT2D eigenvalue weighted by molar-refractivity contribution is 14.1. The van der Waals surface area contributed by atoms with Crippen molar-refractivity contribution in [2.24, 2.45) is 0 Å². The van der Waals surface area contributed by atoms with Crippen molar-refractivity contribution in [2.45, 2.75) is 12.4 Å². The number of ether oxygens (including phenoxy) is 1. The second-order valence-electron chi connectivity index (χ2n) is 4.36. The van der Waals surface area contributed by atoms with Gasteiger partial charge in [-0.2, -0.15) is 0 Å². The van der Waals surface area contributed by atoms with Gasteiger partial charge in [-0.15, -0.1) is 13.2 Å². The predicted octanol–water partition coefficient (Wildman–Crippen LogP) is 4.50. The average molecular weight is 407 g/mol. The van der Waals surface area contributed by atoms with E-state index in [2.05, 4.69) is 32.6 Å². The second kappa shape index (κ2) is 6.65. The SMILES string of the molecule is CNC(c1ccc(I)cc1)c1ccccc1OC(F)(F)F. The summed E-state index contributed by atoms with van der Waals surface area (Å²) in [5.74, 6) is -0.192. The molecule has 2 aromatic carbocycles. The summed E-state index contributed by atoms with van der Waals surface area (Å²) in [6.07, 6.45) is -4.71. The molecule has 2 nitrogen and oxygen atoms in total. The van der Waals surface area contributed by atoms with E-state index in [1.807, 2.05) is 24.3 Å². The lowest BCUT2D eigenvalue weighted by Crippen LogP contribution is -2.22. The van der Waals surface area contributed by atoms with Crippen LogP contribution in [0, 0.1) is 3.57 Å². The van der Waals surface area contributed by atoms with Crippen molar-refractivity contribution in [2.75, 3.05) is 7.05 Å². The summed E-state index contributed by atoms with van der Waals surface area (Å²) in [7, 11) is 1.70. The van der Waals surface area contributed by atoms with Gasteiger partial charge in [-0.1, -0.05) is 30.3 Å². The molecule has 0 amide bonds. The smallest absolute Gasteiger partial charge is 0.405 e. The summed E-state index contributed by atoms with van der Waals surface area (Å²) >= 11 is 2.18. The third kappa shape index (κ3) is 4.34. The molecule has 0 saturated carbocycles. The molecule has 0 aliphatic heterocycles. The van der Waals surface area contributed by atoms with Crippen LogP contribution in [0.25, 0.3) is 0 Å². The Balaban J connectivity index is 2.40. The zero-order valence-corrected chi connectivity index (χ0v) is 13.3. The van der Waals surface area contributed by atoms with E-state index in [0.29, 0.717) is 5.56 Å². The Bertz CT molecular complexity index is 599. The summed E-state index contributed by atoms with van der Waals surface area (Å²) in [6.45, 7) is 0. The van der Waals surface area contributed by atoms with E-state index >= 15 is 0 Å². The van der Waals surface area contributed by atoms with Crippen LogP contribution in [0.5, 0.6) is 5.75 Å². The van der Waals surface area contributed by atoms with Gasteiger partial charge in [0.2, 0.25) is 0 Å². The topological polar surface area (TPSA) is 21.3 Å². The largest absolute Gasteiger partial charge is 0.573 e. The van der Waals surface area contributed by atoms with Crippen LogP contribution in [-0.4, -0.2) is 13.4 Å². The van der Waals surface area contributed by atoms with Crippen molar-refractivity contribution >= 4 is 22.6 Å². The Hall–Kier alpha value is -1.28. The molecule has 0 aliphatic carbocycles. The lowest BCUT2D eigenvalue weighted by Gasteiger charge is -2.21. The highest BCUT2D eigenvalue weighted by Crippen LogP contribution is 2.33. The Morgan fingerprint density at radius 2 is 1.67 bits per heavy atom. The first-order valence-corrected chi connectivity index (χ1v) is 7.26. The first-order chi connectivity index (χ1) is 9.90. The van der Waals surface area contributed by atoms with Crippen molar-refractivity contribution in [3.05, 3.63) is 63.2 Å². The van der Waals surface area contributed by atoms with Crippen LogP contribution in [0.15, 0.2) is 48.5 Å². The molecule has 0 saturated heterocycles. The lowest BCUT2D eigenvalue weighted by atomic mass is 9.98. The molecule has 0 aromatic heterocycles. The summed E-state index contributed by atoms with van der Waals surface area (Å²) in [6, 6.07) is 13.4. The number of hydrogen-bond donors (Lipinski definition) is 1. The number of hydrogen-bond acceptors (Lipinski definition) is 2. The summed E-state index contributed by atoms with van der Waals surface area (Å²) in [4.78, 5) is 0. The predicted molar refractivity (Wildman–Crippen MR) is 83.2 cm³/mol. The van der Waals surface area contributed by atoms with Gasteiger partial charge in [0.25, 0.3) is 0 Å².